The summed E-state index contributed by atoms with van der Waals surface area (Å²) < 4.78 is 0.00827. The number of rotatable bonds is 23. The zero-order valence-electron chi connectivity index (χ0n) is 22.7. The van der Waals surface area contributed by atoms with Crippen molar-refractivity contribution in [1.29, 1.82) is 0 Å². The molecule has 0 saturated heterocycles. The van der Waals surface area contributed by atoms with Gasteiger partial charge in [-0.2, -0.15) is 0 Å². The highest BCUT2D eigenvalue weighted by molar-refractivity contribution is 5.70. The summed E-state index contributed by atoms with van der Waals surface area (Å²) in [5, 5.41) is 30.3. The maximum absolute atomic E-state index is 11.5. The fraction of sp³-hybridized carbons (Fsp3) is 0.821. The first kappa shape index (κ1) is 33.1. The molecule has 3 unspecified atom stereocenters. The first-order valence-corrected chi connectivity index (χ1v) is 13.7. The van der Waals surface area contributed by atoms with Gasteiger partial charge >= 0.3 is 11.9 Å². The van der Waals surface area contributed by atoms with Crippen LogP contribution in [0.2, 0.25) is 0 Å². The lowest BCUT2D eigenvalue weighted by Gasteiger charge is -2.39. The van der Waals surface area contributed by atoms with E-state index in [2.05, 4.69) is 6.92 Å². The fourth-order valence-corrected chi connectivity index (χ4v) is 4.67. The summed E-state index contributed by atoms with van der Waals surface area (Å²) in [4.78, 5) is 34.5. The second kappa shape index (κ2) is 19.3. The lowest BCUT2D eigenvalue weighted by atomic mass is 10.0. The molecule has 0 fully saturated rings. The molecular weight excluding hydrogens is 446 g/mol. The second-order valence-electron chi connectivity index (χ2n) is 10.5. The Hall–Kier alpha value is -1.89. The number of quaternary nitrogens is 1. The molecule has 0 aliphatic heterocycles. The Labute approximate surface area is 213 Å². The summed E-state index contributed by atoms with van der Waals surface area (Å²) in [5.41, 5.74) is 0. The third kappa shape index (κ3) is 16.4. The molecular formula is C28H51NO6. The summed E-state index contributed by atoms with van der Waals surface area (Å²) in [5.74, 6) is -5.47. The highest BCUT2D eigenvalue weighted by Gasteiger charge is 2.35. The number of nitrogens with zero attached hydrogens (tertiary/aromatic N) is 1. The topological polar surface area (TPSA) is 115 Å². The molecule has 0 aromatic rings. The number of hydrogen-bond donors (Lipinski definition) is 2. The van der Waals surface area contributed by atoms with Crippen LogP contribution in [0.15, 0.2) is 12.3 Å². The number of carbonyl (C=O) groups is 3. The van der Waals surface area contributed by atoms with E-state index in [9.17, 15) is 29.7 Å². The van der Waals surface area contributed by atoms with Crippen molar-refractivity contribution in [2.24, 2.45) is 17.8 Å². The van der Waals surface area contributed by atoms with Gasteiger partial charge in [0.1, 0.15) is 11.8 Å². The van der Waals surface area contributed by atoms with Crippen LogP contribution in [0.5, 0.6) is 0 Å². The molecule has 0 aliphatic carbocycles. The molecule has 0 heterocycles. The lowest BCUT2D eigenvalue weighted by Crippen LogP contribution is -2.54. The Balaban J connectivity index is 4.77. The van der Waals surface area contributed by atoms with Gasteiger partial charge in [-0.1, -0.05) is 84.5 Å². The van der Waals surface area contributed by atoms with Crippen LogP contribution in [0, 0.1) is 17.8 Å². The number of carboxylic acids is 3. The molecule has 0 aromatic heterocycles. The molecule has 2 N–H and O–H groups in total. The van der Waals surface area contributed by atoms with Crippen molar-refractivity contribution in [3.8, 4) is 0 Å². The van der Waals surface area contributed by atoms with Crippen molar-refractivity contribution < 1.29 is 34.2 Å². The average molecular weight is 498 g/mol. The van der Waals surface area contributed by atoms with Crippen molar-refractivity contribution in [1.82, 2.24) is 0 Å². The molecule has 0 radical (unpaired) electrons. The highest BCUT2D eigenvalue weighted by Crippen LogP contribution is 2.21. The SMILES string of the molecule is CCCCCCCCCCCCCC/C=C/[N+](CC(C)C(=O)[O-])(CC(C)C(=O)O)CC(C)C(=O)O. The minimum absolute atomic E-state index is 0.00827. The standard InChI is InChI=1S/C28H51NO6/c1-5-6-7-8-9-10-11-12-13-14-15-16-17-18-19-29(20-23(2)26(30)31,21-24(3)27(32)33)22-25(4)28(34)35/h18-19,23-25H,5-17,20-22H2,1-4H3,(H2-,30,31,32,33,34,35)/b19-18+. The van der Waals surface area contributed by atoms with Crippen molar-refractivity contribution in [2.45, 2.75) is 111 Å². The second-order valence-corrected chi connectivity index (χ2v) is 10.5. The first-order valence-electron chi connectivity index (χ1n) is 13.7. The van der Waals surface area contributed by atoms with Crippen molar-refractivity contribution in [3.05, 3.63) is 12.3 Å². The third-order valence-electron chi connectivity index (χ3n) is 6.80. The number of carbonyl (C=O) groups excluding carboxylic acids is 1. The van der Waals surface area contributed by atoms with E-state index < -0.39 is 35.7 Å². The summed E-state index contributed by atoms with van der Waals surface area (Å²) in [6, 6.07) is 0. The van der Waals surface area contributed by atoms with Gasteiger partial charge in [0, 0.05) is 11.9 Å². The van der Waals surface area contributed by atoms with E-state index in [1.807, 2.05) is 12.3 Å². The zero-order chi connectivity index (χ0) is 26.7. The van der Waals surface area contributed by atoms with Crippen LogP contribution in [-0.2, 0) is 14.4 Å². The number of hydrogen-bond acceptors (Lipinski definition) is 4. The molecule has 0 aromatic carbocycles. The van der Waals surface area contributed by atoms with E-state index in [1.165, 1.54) is 71.1 Å². The van der Waals surface area contributed by atoms with Gasteiger partial charge < -0.3 is 20.1 Å². The van der Waals surface area contributed by atoms with Gasteiger partial charge in [0.2, 0.25) is 0 Å². The average Bonchev–Trinajstić information content (AvgIpc) is 2.78. The minimum atomic E-state index is -1.21. The zero-order valence-corrected chi connectivity index (χ0v) is 22.7. The van der Waals surface area contributed by atoms with E-state index in [1.54, 1.807) is 13.8 Å². The Kier molecular flexibility index (Phi) is 18.3. The molecule has 7 nitrogen and oxygen atoms in total. The van der Waals surface area contributed by atoms with Crippen LogP contribution in [0.1, 0.15) is 111 Å². The van der Waals surface area contributed by atoms with Crippen LogP contribution in [0.4, 0.5) is 0 Å². The van der Waals surface area contributed by atoms with E-state index >= 15 is 0 Å². The monoisotopic (exact) mass is 497 g/mol. The predicted molar refractivity (Wildman–Crippen MR) is 137 cm³/mol. The van der Waals surface area contributed by atoms with Gasteiger partial charge in [0.15, 0.2) is 0 Å². The van der Waals surface area contributed by atoms with Gasteiger partial charge in [0.25, 0.3) is 0 Å². The normalized spacial score (nSPS) is 16.0. The van der Waals surface area contributed by atoms with Gasteiger partial charge in [-0.25, -0.2) is 0 Å². The van der Waals surface area contributed by atoms with Crippen LogP contribution in [0.3, 0.4) is 0 Å². The lowest BCUT2D eigenvalue weighted by molar-refractivity contribution is -0.886. The van der Waals surface area contributed by atoms with Gasteiger partial charge in [0.05, 0.1) is 25.8 Å². The summed E-state index contributed by atoms with van der Waals surface area (Å²) in [6.07, 6.45) is 19.8. The molecule has 0 amide bonds. The quantitative estimate of drug-likeness (QED) is 0.147. The number of carboxylic acid groups (broad SMARTS) is 3. The van der Waals surface area contributed by atoms with E-state index in [0.29, 0.717) is 0 Å². The molecule has 0 bridgehead atoms. The van der Waals surface area contributed by atoms with Crippen LogP contribution >= 0.6 is 0 Å². The maximum atomic E-state index is 11.5. The Bertz CT molecular complexity index is 578. The number of allylic oxidation sites excluding steroid dienone is 1. The maximum Gasteiger partial charge on any atom is 0.311 e. The Morgan fingerprint density at radius 3 is 1.43 bits per heavy atom. The van der Waals surface area contributed by atoms with Crippen LogP contribution in [-0.4, -0.2) is 52.2 Å². The minimum Gasteiger partial charge on any atom is -0.550 e. The number of unbranched alkanes of at least 4 members (excludes halogenated alkanes) is 12. The highest BCUT2D eigenvalue weighted by atomic mass is 16.4. The Morgan fingerprint density at radius 2 is 1.06 bits per heavy atom. The van der Waals surface area contributed by atoms with Crippen LogP contribution in [0.25, 0.3) is 0 Å². The largest absolute Gasteiger partial charge is 0.550 e. The summed E-state index contributed by atoms with van der Waals surface area (Å²) in [6.45, 7) is 7.29. The van der Waals surface area contributed by atoms with Gasteiger partial charge in [-0.15, -0.1) is 0 Å². The number of aliphatic carboxylic acids is 3. The van der Waals surface area contributed by atoms with Gasteiger partial charge in [-0.05, 0) is 32.8 Å². The van der Waals surface area contributed by atoms with Crippen molar-refractivity contribution in [3.63, 3.8) is 0 Å². The first-order chi connectivity index (χ1) is 16.5. The van der Waals surface area contributed by atoms with E-state index in [-0.39, 0.29) is 24.1 Å². The van der Waals surface area contributed by atoms with Gasteiger partial charge in [-0.3, -0.25) is 14.1 Å². The summed E-state index contributed by atoms with van der Waals surface area (Å²) >= 11 is 0. The van der Waals surface area contributed by atoms with Crippen molar-refractivity contribution >= 4 is 17.9 Å². The molecule has 35 heavy (non-hydrogen) atoms. The third-order valence-corrected chi connectivity index (χ3v) is 6.80. The molecule has 0 aliphatic rings. The predicted octanol–water partition coefficient (Wildman–Crippen LogP) is 5.24. The van der Waals surface area contributed by atoms with Crippen molar-refractivity contribution in [2.75, 3.05) is 19.6 Å². The smallest absolute Gasteiger partial charge is 0.311 e. The summed E-state index contributed by atoms with van der Waals surface area (Å²) in [7, 11) is 0. The van der Waals surface area contributed by atoms with Crippen LogP contribution < -0.4 is 5.11 Å². The molecule has 3 atom stereocenters. The molecule has 0 rings (SSSR count). The van der Waals surface area contributed by atoms with E-state index in [0.717, 1.165) is 19.3 Å². The molecule has 7 heteroatoms. The molecule has 204 valence electrons. The fourth-order valence-electron chi connectivity index (χ4n) is 4.67. The Morgan fingerprint density at radius 1 is 0.686 bits per heavy atom. The molecule has 0 saturated carbocycles. The molecule has 0 spiro atoms. The van der Waals surface area contributed by atoms with E-state index in [4.69, 9.17) is 0 Å².